The fourth-order valence-corrected chi connectivity index (χ4v) is 5.26. The maximum Gasteiger partial charge on any atom is 0.416 e. The Bertz CT molecular complexity index is 1240. The molecule has 1 aliphatic heterocycles. The number of piperazine rings is 1. The molecule has 0 saturated carbocycles. The van der Waals surface area contributed by atoms with E-state index in [2.05, 4.69) is 14.6 Å². The van der Waals surface area contributed by atoms with Gasteiger partial charge in [0.2, 0.25) is 0 Å². The van der Waals surface area contributed by atoms with Gasteiger partial charge in [0.05, 0.1) is 16.8 Å². The lowest BCUT2D eigenvalue weighted by Gasteiger charge is -2.34. The number of carbonyl (C=O) groups is 1. The molecule has 2 aromatic carbocycles. The topological polar surface area (TPSA) is 51.7 Å². The summed E-state index contributed by atoms with van der Waals surface area (Å²) in [4.78, 5) is 19.7. The number of nitrogens with one attached hydrogen (secondary N) is 1. The van der Waals surface area contributed by atoms with Crippen molar-refractivity contribution in [2.45, 2.75) is 11.1 Å². The van der Waals surface area contributed by atoms with E-state index in [0.717, 1.165) is 22.7 Å². The molecule has 0 atom stereocenters. The summed E-state index contributed by atoms with van der Waals surface area (Å²) in [5.74, 6) is 0.0474. The molecule has 0 aliphatic carbocycles. The lowest BCUT2D eigenvalue weighted by atomic mass is 10.1. The Morgan fingerprint density at radius 1 is 1.05 bits per heavy atom. The summed E-state index contributed by atoms with van der Waals surface area (Å²) < 4.78 is 43.5. The predicted octanol–water partition coefficient (Wildman–Crippen LogP) is 6.55. The Morgan fingerprint density at radius 3 is 2.38 bits per heavy atom. The number of benzene rings is 2. The molecule has 2 heterocycles. The number of aromatic nitrogens is 1. The van der Waals surface area contributed by atoms with Crippen molar-refractivity contribution >= 4 is 58.6 Å². The van der Waals surface area contributed by atoms with Gasteiger partial charge in [-0.25, -0.2) is 9.29 Å². The average molecular weight is 568 g/mol. The van der Waals surface area contributed by atoms with Gasteiger partial charge in [-0.3, -0.25) is 4.79 Å². The molecule has 0 bridgehead atoms. The first kappa shape index (κ1) is 27.4. The van der Waals surface area contributed by atoms with Gasteiger partial charge in [-0.1, -0.05) is 35.7 Å². The second-order valence-corrected chi connectivity index (χ2v) is 10.7. The summed E-state index contributed by atoms with van der Waals surface area (Å²) in [6.07, 6.45) is -2.53. The standard InChI is InChI=1S/C25H25ClF3N5OS2/c1-32(36-2)21-6-4-3-5-20(21)24(35)30-18-7-9-19(10-8-18)37-34-13-11-33(12-14-34)23-16-17(25(27,28)29)15-22(26)31-23/h3-10,15-16H,11-14H2,1-2H3,(H,30,35). The molecule has 1 aromatic heterocycles. The zero-order valence-electron chi connectivity index (χ0n) is 20.1. The van der Waals surface area contributed by atoms with Crippen LogP contribution in [0.5, 0.6) is 0 Å². The van der Waals surface area contributed by atoms with Gasteiger partial charge in [0.1, 0.15) is 11.0 Å². The van der Waals surface area contributed by atoms with Gasteiger partial charge in [0.25, 0.3) is 5.91 Å². The van der Waals surface area contributed by atoms with Crippen LogP contribution in [0.1, 0.15) is 15.9 Å². The van der Waals surface area contributed by atoms with E-state index >= 15 is 0 Å². The van der Waals surface area contributed by atoms with Gasteiger partial charge in [0.15, 0.2) is 0 Å². The van der Waals surface area contributed by atoms with Crippen LogP contribution in [0.3, 0.4) is 0 Å². The molecule has 4 rings (SSSR count). The average Bonchev–Trinajstić information content (AvgIpc) is 2.89. The van der Waals surface area contributed by atoms with Crippen LogP contribution in [0.2, 0.25) is 5.15 Å². The highest BCUT2D eigenvalue weighted by Crippen LogP contribution is 2.34. The lowest BCUT2D eigenvalue weighted by Crippen LogP contribution is -2.43. The van der Waals surface area contributed by atoms with E-state index in [4.69, 9.17) is 11.6 Å². The second kappa shape index (κ2) is 11.8. The highest BCUT2D eigenvalue weighted by atomic mass is 35.5. The Hall–Kier alpha value is -2.60. The molecule has 6 nitrogen and oxygen atoms in total. The minimum absolute atomic E-state index is 0.173. The molecule has 1 fully saturated rings. The Morgan fingerprint density at radius 2 is 1.73 bits per heavy atom. The first-order valence-electron chi connectivity index (χ1n) is 11.3. The normalized spacial score (nSPS) is 14.5. The smallest absolute Gasteiger partial charge is 0.354 e. The second-order valence-electron chi connectivity index (χ2n) is 8.22. The van der Waals surface area contributed by atoms with Crippen molar-refractivity contribution in [3.63, 3.8) is 0 Å². The fourth-order valence-electron chi connectivity index (χ4n) is 3.80. The van der Waals surface area contributed by atoms with E-state index in [1.165, 1.54) is 11.9 Å². The maximum absolute atomic E-state index is 13.1. The van der Waals surface area contributed by atoms with Crippen molar-refractivity contribution in [2.75, 3.05) is 54.0 Å². The minimum Gasteiger partial charge on any atom is -0.354 e. The molecule has 0 spiro atoms. The summed E-state index contributed by atoms with van der Waals surface area (Å²) in [6, 6.07) is 16.9. The van der Waals surface area contributed by atoms with Gasteiger partial charge in [-0.15, -0.1) is 0 Å². The van der Waals surface area contributed by atoms with E-state index in [9.17, 15) is 18.0 Å². The van der Waals surface area contributed by atoms with Crippen LogP contribution in [-0.2, 0) is 6.18 Å². The number of carbonyl (C=O) groups excluding carboxylic acids is 1. The summed E-state index contributed by atoms with van der Waals surface area (Å²) >= 11 is 8.92. The molecule has 196 valence electrons. The van der Waals surface area contributed by atoms with Crippen molar-refractivity contribution in [1.29, 1.82) is 0 Å². The van der Waals surface area contributed by atoms with E-state index in [1.54, 1.807) is 18.0 Å². The molecular formula is C25H25ClF3N5OS2. The first-order chi connectivity index (χ1) is 17.6. The number of pyridine rings is 1. The number of para-hydroxylation sites is 1. The highest BCUT2D eigenvalue weighted by Gasteiger charge is 2.32. The Balaban J connectivity index is 1.33. The molecular weight excluding hydrogens is 543 g/mol. The molecule has 1 N–H and O–H groups in total. The molecule has 1 aliphatic rings. The zero-order chi connectivity index (χ0) is 26.6. The summed E-state index contributed by atoms with van der Waals surface area (Å²) in [5, 5.41) is 2.78. The number of hydrogen-bond donors (Lipinski definition) is 1. The van der Waals surface area contributed by atoms with Crippen molar-refractivity contribution in [3.8, 4) is 0 Å². The van der Waals surface area contributed by atoms with Crippen LogP contribution in [0.15, 0.2) is 65.6 Å². The maximum atomic E-state index is 13.1. The number of anilines is 3. The summed E-state index contributed by atoms with van der Waals surface area (Å²) in [7, 11) is 1.91. The summed E-state index contributed by atoms with van der Waals surface area (Å²) in [6.45, 7) is 2.32. The van der Waals surface area contributed by atoms with Crippen molar-refractivity contribution in [2.24, 2.45) is 0 Å². The third kappa shape index (κ3) is 7.04. The van der Waals surface area contributed by atoms with Gasteiger partial charge in [0, 0.05) is 50.1 Å². The molecule has 12 heteroatoms. The number of nitrogens with zero attached hydrogens (tertiary/aromatic N) is 4. The van der Waals surface area contributed by atoms with Crippen molar-refractivity contribution in [3.05, 3.63) is 76.9 Å². The largest absolute Gasteiger partial charge is 0.416 e. The number of halogens is 4. The number of amides is 1. The van der Waals surface area contributed by atoms with Crippen molar-refractivity contribution in [1.82, 2.24) is 9.29 Å². The number of rotatable bonds is 7. The first-order valence-corrected chi connectivity index (χ1v) is 13.7. The Kier molecular flexibility index (Phi) is 8.79. The van der Waals surface area contributed by atoms with Gasteiger partial charge in [-0.05, 0) is 60.5 Å². The SMILES string of the molecule is CSN(C)c1ccccc1C(=O)Nc1ccc(SN2CCN(c3cc(C(F)(F)F)cc(Cl)n3)CC2)cc1. The van der Waals surface area contributed by atoms with E-state index in [1.807, 2.05) is 65.0 Å². The minimum atomic E-state index is -4.47. The molecule has 37 heavy (non-hydrogen) atoms. The van der Waals surface area contributed by atoms with Crippen molar-refractivity contribution < 1.29 is 18.0 Å². The molecule has 1 amide bonds. The molecule has 0 unspecified atom stereocenters. The fraction of sp³-hybridized carbons (Fsp3) is 0.280. The van der Waals surface area contributed by atoms with E-state index < -0.39 is 11.7 Å². The molecule has 1 saturated heterocycles. The van der Waals surface area contributed by atoms with Crippen LogP contribution in [-0.4, -0.2) is 54.7 Å². The quantitative estimate of drug-likeness (QED) is 0.257. The van der Waals surface area contributed by atoms with Crippen LogP contribution in [0.4, 0.5) is 30.4 Å². The third-order valence-corrected chi connectivity index (χ3v) is 7.82. The van der Waals surface area contributed by atoms with Gasteiger partial charge >= 0.3 is 6.18 Å². The third-order valence-electron chi connectivity index (χ3n) is 5.78. The zero-order valence-corrected chi connectivity index (χ0v) is 22.5. The monoisotopic (exact) mass is 567 g/mol. The Labute approximate surface area is 227 Å². The van der Waals surface area contributed by atoms with Crippen LogP contribution < -0.4 is 14.5 Å². The summed E-state index contributed by atoms with van der Waals surface area (Å²) in [5.41, 5.74) is 1.31. The predicted molar refractivity (Wildman–Crippen MR) is 147 cm³/mol. The number of hydrogen-bond acceptors (Lipinski definition) is 7. The van der Waals surface area contributed by atoms with Gasteiger partial charge in [-0.2, -0.15) is 13.2 Å². The van der Waals surface area contributed by atoms with Gasteiger partial charge < -0.3 is 14.5 Å². The highest BCUT2D eigenvalue weighted by molar-refractivity contribution is 7.99. The van der Waals surface area contributed by atoms with Crippen LogP contribution in [0.25, 0.3) is 0 Å². The lowest BCUT2D eigenvalue weighted by molar-refractivity contribution is -0.137. The van der Waals surface area contributed by atoms with E-state index in [0.29, 0.717) is 37.4 Å². The number of alkyl halides is 3. The van der Waals surface area contributed by atoms with Crippen LogP contribution >= 0.6 is 35.5 Å². The molecule has 3 aromatic rings. The van der Waals surface area contributed by atoms with E-state index in [-0.39, 0.29) is 16.9 Å². The molecule has 0 radical (unpaired) electrons. The van der Waals surface area contributed by atoms with Crippen LogP contribution in [0, 0.1) is 0 Å².